The van der Waals surface area contributed by atoms with Gasteiger partial charge in [0.15, 0.2) is 0 Å². The summed E-state index contributed by atoms with van der Waals surface area (Å²) < 4.78 is 0. The Morgan fingerprint density at radius 1 is 1.20 bits per heavy atom. The van der Waals surface area contributed by atoms with E-state index < -0.39 is 0 Å². The average molecular weight is 135 g/mol. The van der Waals surface area contributed by atoms with Crippen LogP contribution in [0.2, 0.25) is 0 Å². The molecule has 5 atom stereocenters. The first-order valence-electron chi connectivity index (χ1n) is 4.68. The molecule has 3 saturated carbocycles. The maximum atomic E-state index is 3.70. The van der Waals surface area contributed by atoms with Gasteiger partial charge in [0.2, 0.25) is 0 Å². The van der Waals surface area contributed by atoms with Crippen molar-refractivity contribution in [3.8, 4) is 0 Å². The van der Waals surface area contributed by atoms with Crippen molar-refractivity contribution in [2.24, 2.45) is 17.8 Å². The molecule has 0 aromatic heterocycles. The molecule has 1 spiro atoms. The zero-order valence-electron chi connectivity index (χ0n) is 6.14. The molecule has 54 valence electrons. The maximum Gasteiger partial charge on any atom is 0.0372 e. The first-order valence-corrected chi connectivity index (χ1v) is 4.68. The second kappa shape index (κ2) is 1.08. The van der Waals surface area contributed by atoms with Gasteiger partial charge in [0.05, 0.1) is 0 Å². The molecule has 1 heteroatoms. The van der Waals surface area contributed by atoms with Crippen LogP contribution in [0.3, 0.4) is 0 Å². The predicted molar refractivity (Wildman–Crippen MR) is 38.6 cm³/mol. The van der Waals surface area contributed by atoms with Gasteiger partial charge in [-0.05, 0) is 43.4 Å². The second-order valence-corrected chi connectivity index (χ2v) is 4.79. The van der Waals surface area contributed by atoms with Gasteiger partial charge >= 0.3 is 0 Å². The van der Waals surface area contributed by atoms with Crippen molar-refractivity contribution in [2.45, 2.75) is 37.3 Å². The predicted octanol–water partition coefficient (Wildman–Crippen LogP) is 1.15. The summed E-state index contributed by atoms with van der Waals surface area (Å²) in [5.41, 5.74) is 0.744. The lowest BCUT2D eigenvalue weighted by atomic mass is 9.67. The van der Waals surface area contributed by atoms with Crippen LogP contribution in [-0.2, 0) is 0 Å². The number of nitrogens with one attached hydrogen (secondary N) is 1. The monoisotopic (exact) mass is 135 g/mol. The van der Waals surface area contributed by atoms with E-state index in [4.69, 9.17) is 0 Å². The molecule has 0 aromatic rings. The highest BCUT2D eigenvalue weighted by molar-refractivity contribution is 5.31. The number of hydrogen-bond donors (Lipinski definition) is 1. The minimum absolute atomic E-state index is 0.744. The van der Waals surface area contributed by atoms with Crippen molar-refractivity contribution < 1.29 is 0 Å². The van der Waals surface area contributed by atoms with Crippen LogP contribution >= 0.6 is 0 Å². The van der Waals surface area contributed by atoms with Crippen LogP contribution in [0.15, 0.2) is 0 Å². The molecule has 1 nitrogen and oxygen atoms in total. The Morgan fingerprint density at radius 2 is 2.20 bits per heavy atom. The molecule has 1 heterocycles. The van der Waals surface area contributed by atoms with Crippen LogP contribution in [0.1, 0.15) is 25.7 Å². The van der Waals surface area contributed by atoms with Crippen LogP contribution < -0.4 is 5.32 Å². The summed E-state index contributed by atoms with van der Waals surface area (Å²) in [7, 11) is 0. The smallest absolute Gasteiger partial charge is 0.0372 e. The third kappa shape index (κ3) is 0.282. The van der Waals surface area contributed by atoms with Crippen molar-refractivity contribution in [3.05, 3.63) is 0 Å². The van der Waals surface area contributed by atoms with Crippen molar-refractivity contribution in [1.29, 1.82) is 0 Å². The number of hydrogen-bond acceptors (Lipinski definition) is 1. The van der Waals surface area contributed by atoms with Gasteiger partial charge in [0.1, 0.15) is 0 Å². The summed E-state index contributed by atoms with van der Waals surface area (Å²) in [6.07, 6.45) is 6.18. The lowest BCUT2D eigenvalue weighted by Gasteiger charge is -2.39. The molecule has 10 heavy (non-hydrogen) atoms. The fourth-order valence-corrected chi connectivity index (χ4v) is 4.27. The Hall–Kier alpha value is -0.0400. The van der Waals surface area contributed by atoms with Crippen molar-refractivity contribution in [1.82, 2.24) is 5.32 Å². The Morgan fingerprint density at radius 3 is 3.10 bits per heavy atom. The topological polar surface area (TPSA) is 21.9 Å². The molecule has 0 radical (unpaired) electrons. The normalized spacial score (nSPS) is 74.4. The van der Waals surface area contributed by atoms with E-state index in [-0.39, 0.29) is 0 Å². The van der Waals surface area contributed by atoms with E-state index in [2.05, 4.69) is 5.32 Å². The highest BCUT2D eigenvalue weighted by Crippen LogP contribution is 2.69. The lowest BCUT2D eigenvalue weighted by molar-refractivity contribution is 0.103. The van der Waals surface area contributed by atoms with Gasteiger partial charge in [-0.2, -0.15) is 0 Å². The molecule has 5 unspecified atom stereocenters. The van der Waals surface area contributed by atoms with Crippen LogP contribution in [0, 0.1) is 17.8 Å². The first-order chi connectivity index (χ1) is 4.90. The van der Waals surface area contributed by atoms with E-state index in [1.54, 1.807) is 12.8 Å². The van der Waals surface area contributed by atoms with E-state index in [0.29, 0.717) is 0 Å². The fourth-order valence-electron chi connectivity index (χ4n) is 4.27. The summed E-state index contributed by atoms with van der Waals surface area (Å²) in [6.45, 7) is 0. The molecule has 4 rings (SSSR count). The van der Waals surface area contributed by atoms with Crippen molar-refractivity contribution in [3.63, 3.8) is 0 Å². The zero-order chi connectivity index (χ0) is 6.34. The summed E-state index contributed by atoms with van der Waals surface area (Å²) >= 11 is 0. The Kier molecular flexibility index (Phi) is 0.513. The van der Waals surface area contributed by atoms with Crippen molar-refractivity contribution >= 4 is 0 Å². The molecule has 4 fully saturated rings. The van der Waals surface area contributed by atoms with Gasteiger partial charge in [0, 0.05) is 11.6 Å². The van der Waals surface area contributed by atoms with Gasteiger partial charge in [-0.3, -0.25) is 0 Å². The summed E-state index contributed by atoms with van der Waals surface area (Å²) in [5.74, 6) is 3.47. The third-order valence-electron chi connectivity index (χ3n) is 4.66. The largest absolute Gasteiger partial charge is 0.305 e. The van der Waals surface area contributed by atoms with Crippen LogP contribution in [0.25, 0.3) is 0 Å². The molecule has 4 aliphatic rings. The molecule has 0 bridgehead atoms. The van der Waals surface area contributed by atoms with Gasteiger partial charge < -0.3 is 5.32 Å². The molecule has 1 N–H and O–H groups in total. The van der Waals surface area contributed by atoms with Crippen LogP contribution in [-0.4, -0.2) is 11.6 Å². The van der Waals surface area contributed by atoms with Crippen molar-refractivity contribution in [2.75, 3.05) is 0 Å². The molecule has 1 saturated heterocycles. The van der Waals surface area contributed by atoms with Gasteiger partial charge in [-0.25, -0.2) is 0 Å². The zero-order valence-corrected chi connectivity index (χ0v) is 6.14. The molecule has 3 aliphatic carbocycles. The SMILES string of the molecule is C1CC23NC2CC2CC1C23. The molecule has 0 aromatic carbocycles. The Bertz CT molecular complexity index is 204. The van der Waals surface area contributed by atoms with E-state index >= 15 is 0 Å². The summed E-state index contributed by atoms with van der Waals surface area (Å²) in [5, 5.41) is 3.70. The van der Waals surface area contributed by atoms with E-state index in [9.17, 15) is 0 Å². The van der Waals surface area contributed by atoms with E-state index in [1.165, 1.54) is 18.8 Å². The summed E-state index contributed by atoms with van der Waals surface area (Å²) in [4.78, 5) is 0. The number of rotatable bonds is 0. The molecule has 1 aliphatic heterocycles. The second-order valence-electron chi connectivity index (χ2n) is 4.79. The highest BCUT2D eigenvalue weighted by atomic mass is 15.3. The maximum absolute atomic E-state index is 3.70. The van der Waals surface area contributed by atoms with Gasteiger partial charge in [-0.1, -0.05) is 0 Å². The third-order valence-corrected chi connectivity index (χ3v) is 4.66. The van der Waals surface area contributed by atoms with Gasteiger partial charge in [0.25, 0.3) is 0 Å². The lowest BCUT2D eigenvalue weighted by Crippen LogP contribution is -2.38. The first kappa shape index (κ1) is 4.76. The Balaban J connectivity index is 1.89. The average Bonchev–Trinajstić information content (AvgIpc) is 2.35. The standard InChI is InChI=1S/C9H13N/c1-2-9-7(10-9)4-6-3-5(1)8(6)9/h5-8,10H,1-4H2. The van der Waals surface area contributed by atoms with Crippen LogP contribution in [0.5, 0.6) is 0 Å². The highest BCUT2D eigenvalue weighted by Gasteiger charge is 2.73. The minimum Gasteiger partial charge on any atom is -0.305 e. The minimum atomic E-state index is 0.744. The van der Waals surface area contributed by atoms with Gasteiger partial charge in [-0.15, -0.1) is 0 Å². The number of piperidine rings is 1. The molecular formula is C9H13N. The Labute approximate surface area is 61.2 Å². The summed E-state index contributed by atoms with van der Waals surface area (Å²) in [6, 6.07) is 0.981. The molecular weight excluding hydrogens is 122 g/mol. The fraction of sp³-hybridized carbons (Fsp3) is 1.00. The van der Waals surface area contributed by atoms with E-state index in [0.717, 1.165) is 23.4 Å². The van der Waals surface area contributed by atoms with E-state index in [1.807, 2.05) is 0 Å². The molecule has 0 amide bonds. The van der Waals surface area contributed by atoms with Crippen LogP contribution in [0.4, 0.5) is 0 Å². The quantitative estimate of drug-likeness (QED) is 0.494.